The van der Waals surface area contributed by atoms with Crippen LogP contribution in [0, 0.1) is 0 Å². The van der Waals surface area contributed by atoms with Gasteiger partial charge >= 0.3 is 11.9 Å². The quantitative estimate of drug-likeness (QED) is 0.489. The van der Waals surface area contributed by atoms with Gasteiger partial charge in [0.05, 0.1) is 18.4 Å². The van der Waals surface area contributed by atoms with E-state index in [1.54, 1.807) is 54.6 Å². The standard InChI is InChI=1S/C22H19NO6/c1-15(24)29-19-9-7-16(8-10-19)17-4-2-5-18(12-17)22(26)28-14-21(25)23-13-20-6-3-11-27-20/h2-12H,13-14H2,1H3,(H,23,25). The Morgan fingerprint density at radius 1 is 0.966 bits per heavy atom. The molecule has 0 unspecified atom stereocenters. The van der Waals surface area contributed by atoms with Crippen LogP contribution in [0.15, 0.2) is 71.3 Å². The van der Waals surface area contributed by atoms with Crippen LogP contribution in [-0.2, 0) is 20.9 Å². The summed E-state index contributed by atoms with van der Waals surface area (Å²) in [5.74, 6) is -0.367. The zero-order valence-corrected chi connectivity index (χ0v) is 15.7. The van der Waals surface area contributed by atoms with Crippen LogP contribution in [0.25, 0.3) is 11.1 Å². The summed E-state index contributed by atoms with van der Waals surface area (Å²) < 4.78 is 15.2. The van der Waals surface area contributed by atoms with E-state index in [4.69, 9.17) is 13.9 Å². The molecular weight excluding hydrogens is 374 g/mol. The van der Waals surface area contributed by atoms with Crippen molar-refractivity contribution in [2.75, 3.05) is 6.61 Å². The molecule has 1 N–H and O–H groups in total. The fourth-order valence-electron chi connectivity index (χ4n) is 2.57. The predicted octanol–water partition coefficient (Wildman–Crippen LogP) is 3.35. The second-order valence-corrected chi connectivity index (χ2v) is 6.13. The number of carbonyl (C=O) groups excluding carboxylic acids is 3. The number of esters is 2. The number of ether oxygens (including phenoxy) is 2. The monoisotopic (exact) mass is 393 g/mol. The predicted molar refractivity (Wildman–Crippen MR) is 104 cm³/mol. The number of hydrogen-bond acceptors (Lipinski definition) is 6. The molecule has 1 amide bonds. The molecule has 1 heterocycles. The Bertz CT molecular complexity index is 992. The van der Waals surface area contributed by atoms with E-state index in [0.717, 1.165) is 11.1 Å². The summed E-state index contributed by atoms with van der Waals surface area (Å²) in [7, 11) is 0. The fourth-order valence-corrected chi connectivity index (χ4v) is 2.57. The maximum absolute atomic E-state index is 12.3. The van der Waals surface area contributed by atoms with Gasteiger partial charge in [-0.15, -0.1) is 0 Å². The van der Waals surface area contributed by atoms with Crippen molar-refractivity contribution in [2.24, 2.45) is 0 Å². The summed E-state index contributed by atoms with van der Waals surface area (Å²) >= 11 is 0. The zero-order valence-electron chi connectivity index (χ0n) is 15.7. The lowest BCUT2D eigenvalue weighted by molar-refractivity contribution is -0.131. The molecule has 0 aliphatic heterocycles. The van der Waals surface area contributed by atoms with Gasteiger partial charge in [-0.1, -0.05) is 24.3 Å². The lowest BCUT2D eigenvalue weighted by Gasteiger charge is -2.08. The van der Waals surface area contributed by atoms with E-state index in [0.29, 0.717) is 17.1 Å². The molecule has 0 radical (unpaired) electrons. The molecule has 1 aromatic heterocycles. The fraction of sp³-hybridized carbons (Fsp3) is 0.136. The largest absolute Gasteiger partial charge is 0.467 e. The maximum atomic E-state index is 12.3. The van der Waals surface area contributed by atoms with Crippen LogP contribution in [0.4, 0.5) is 0 Å². The Kier molecular flexibility index (Phi) is 6.42. The highest BCUT2D eigenvalue weighted by molar-refractivity contribution is 5.92. The summed E-state index contributed by atoms with van der Waals surface area (Å²) in [5, 5.41) is 2.60. The number of hydrogen-bond donors (Lipinski definition) is 1. The van der Waals surface area contributed by atoms with Crippen molar-refractivity contribution in [1.29, 1.82) is 0 Å². The average Bonchev–Trinajstić information content (AvgIpc) is 3.24. The summed E-state index contributed by atoms with van der Waals surface area (Å²) in [5.41, 5.74) is 1.95. The molecule has 3 rings (SSSR count). The van der Waals surface area contributed by atoms with Gasteiger partial charge < -0.3 is 19.2 Å². The first-order valence-electron chi connectivity index (χ1n) is 8.86. The zero-order chi connectivity index (χ0) is 20.6. The second-order valence-electron chi connectivity index (χ2n) is 6.13. The SMILES string of the molecule is CC(=O)Oc1ccc(-c2cccc(C(=O)OCC(=O)NCc3ccco3)c2)cc1. The number of furan rings is 1. The van der Waals surface area contributed by atoms with Crippen molar-refractivity contribution in [3.63, 3.8) is 0 Å². The van der Waals surface area contributed by atoms with Gasteiger partial charge in [-0.3, -0.25) is 9.59 Å². The highest BCUT2D eigenvalue weighted by atomic mass is 16.5. The van der Waals surface area contributed by atoms with Crippen molar-refractivity contribution < 1.29 is 28.3 Å². The van der Waals surface area contributed by atoms with Crippen LogP contribution in [0.3, 0.4) is 0 Å². The number of benzene rings is 2. The Hall–Kier alpha value is -3.87. The lowest BCUT2D eigenvalue weighted by atomic mass is 10.0. The molecule has 0 atom stereocenters. The lowest BCUT2D eigenvalue weighted by Crippen LogP contribution is -2.28. The van der Waals surface area contributed by atoms with Crippen molar-refractivity contribution >= 4 is 17.8 Å². The van der Waals surface area contributed by atoms with E-state index in [1.807, 2.05) is 6.07 Å². The Balaban J connectivity index is 1.57. The molecule has 148 valence electrons. The second kappa shape index (κ2) is 9.36. The molecule has 7 nitrogen and oxygen atoms in total. The maximum Gasteiger partial charge on any atom is 0.338 e. The molecule has 0 saturated carbocycles. The van der Waals surface area contributed by atoms with Crippen LogP contribution in [0.2, 0.25) is 0 Å². The number of nitrogens with one attached hydrogen (secondary N) is 1. The van der Waals surface area contributed by atoms with E-state index in [-0.39, 0.29) is 13.2 Å². The molecule has 0 bridgehead atoms. The summed E-state index contributed by atoms with van der Waals surface area (Å²) in [6.45, 7) is 1.17. The number of rotatable bonds is 7. The van der Waals surface area contributed by atoms with Gasteiger partial charge in [-0.2, -0.15) is 0 Å². The van der Waals surface area contributed by atoms with E-state index in [2.05, 4.69) is 5.32 Å². The van der Waals surface area contributed by atoms with Crippen LogP contribution in [0.1, 0.15) is 23.0 Å². The smallest absolute Gasteiger partial charge is 0.338 e. The molecule has 2 aromatic carbocycles. The third kappa shape index (κ3) is 5.80. The van der Waals surface area contributed by atoms with Crippen molar-refractivity contribution in [3.05, 3.63) is 78.3 Å². The van der Waals surface area contributed by atoms with Crippen LogP contribution in [0.5, 0.6) is 5.75 Å². The topological polar surface area (TPSA) is 94.8 Å². The molecule has 3 aromatic rings. The first-order chi connectivity index (χ1) is 14.0. The van der Waals surface area contributed by atoms with E-state index < -0.39 is 17.8 Å². The van der Waals surface area contributed by atoms with Gasteiger partial charge in [-0.25, -0.2) is 4.79 Å². The van der Waals surface area contributed by atoms with Crippen LogP contribution < -0.4 is 10.1 Å². The molecule has 0 aliphatic carbocycles. The average molecular weight is 393 g/mol. The molecule has 0 fully saturated rings. The summed E-state index contributed by atoms with van der Waals surface area (Å²) in [6.07, 6.45) is 1.51. The summed E-state index contributed by atoms with van der Waals surface area (Å²) in [4.78, 5) is 35.1. The minimum Gasteiger partial charge on any atom is -0.467 e. The van der Waals surface area contributed by atoms with Crippen molar-refractivity contribution in [1.82, 2.24) is 5.32 Å². The van der Waals surface area contributed by atoms with Gasteiger partial charge in [0.1, 0.15) is 11.5 Å². The first kappa shape index (κ1) is 19.9. The number of amides is 1. The molecule has 0 aliphatic rings. The van der Waals surface area contributed by atoms with E-state index >= 15 is 0 Å². The van der Waals surface area contributed by atoms with Gasteiger partial charge in [0.2, 0.25) is 0 Å². The number of carbonyl (C=O) groups is 3. The minimum absolute atomic E-state index is 0.224. The summed E-state index contributed by atoms with van der Waals surface area (Å²) in [6, 6.07) is 17.2. The highest BCUT2D eigenvalue weighted by Crippen LogP contribution is 2.23. The van der Waals surface area contributed by atoms with Gasteiger partial charge in [-0.05, 0) is 47.5 Å². The first-order valence-corrected chi connectivity index (χ1v) is 8.86. The Morgan fingerprint density at radius 3 is 2.45 bits per heavy atom. The van der Waals surface area contributed by atoms with Crippen LogP contribution in [-0.4, -0.2) is 24.5 Å². The third-order valence-corrected chi connectivity index (χ3v) is 3.92. The third-order valence-electron chi connectivity index (χ3n) is 3.92. The van der Waals surface area contributed by atoms with Gasteiger partial charge in [0.25, 0.3) is 5.91 Å². The van der Waals surface area contributed by atoms with Crippen molar-refractivity contribution in [3.8, 4) is 16.9 Å². The van der Waals surface area contributed by atoms with Crippen molar-refractivity contribution in [2.45, 2.75) is 13.5 Å². The highest BCUT2D eigenvalue weighted by Gasteiger charge is 2.12. The van der Waals surface area contributed by atoms with E-state index in [1.165, 1.54) is 13.2 Å². The molecule has 29 heavy (non-hydrogen) atoms. The van der Waals surface area contributed by atoms with Gasteiger partial charge in [0.15, 0.2) is 6.61 Å². The van der Waals surface area contributed by atoms with Gasteiger partial charge in [0, 0.05) is 6.92 Å². The van der Waals surface area contributed by atoms with E-state index in [9.17, 15) is 14.4 Å². The Morgan fingerprint density at radius 2 is 1.76 bits per heavy atom. The normalized spacial score (nSPS) is 10.2. The molecule has 0 spiro atoms. The molecule has 7 heteroatoms. The Labute approximate surface area is 167 Å². The van der Waals surface area contributed by atoms with Crippen LogP contribution >= 0.6 is 0 Å². The molecule has 0 saturated heterocycles. The molecular formula is C22H19NO6. The minimum atomic E-state index is -0.600.